The van der Waals surface area contributed by atoms with E-state index in [9.17, 15) is 4.79 Å². The van der Waals surface area contributed by atoms with Gasteiger partial charge in [0.2, 0.25) is 0 Å². The molecule has 1 aromatic carbocycles. The van der Waals surface area contributed by atoms with Crippen molar-refractivity contribution in [2.24, 2.45) is 0 Å². The number of Topliss-reactive ketones (excluding diaryl/α,β-unsaturated/α-hetero) is 1. The summed E-state index contributed by atoms with van der Waals surface area (Å²) in [6.45, 7) is 2.22. The van der Waals surface area contributed by atoms with Crippen molar-refractivity contribution < 1.29 is 4.79 Å². The van der Waals surface area contributed by atoms with Crippen molar-refractivity contribution in [3.63, 3.8) is 0 Å². The summed E-state index contributed by atoms with van der Waals surface area (Å²) in [6.07, 6.45) is 4.80. The summed E-state index contributed by atoms with van der Waals surface area (Å²) in [5.41, 5.74) is 3.07. The van der Waals surface area contributed by atoms with Crippen LogP contribution in [0.1, 0.15) is 39.6 Å². The van der Waals surface area contributed by atoms with E-state index in [2.05, 4.69) is 11.9 Å². The largest absolute Gasteiger partial charge is 0.339 e. The van der Waals surface area contributed by atoms with Crippen LogP contribution in [0.5, 0.6) is 0 Å². The van der Waals surface area contributed by atoms with Gasteiger partial charge in [0.15, 0.2) is 5.78 Å². The van der Waals surface area contributed by atoms with Crippen molar-refractivity contribution >= 4 is 28.0 Å². The lowest BCUT2D eigenvalue weighted by molar-refractivity contribution is 0.0994. The van der Waals surface area contributed by atoms with Crippen molar-refractivity contribution in [1.29, 1.82) is 0 Å². The van der Waals surface area contributed by atoms with Gasteiger partial charge >= 0.3 is 0 Å². The average molecular weight is 353 g/mol. The molecule has 3 heterocycles. The van der Waals surface area contributed by atoms with Crippen LogP contribution in [-0.4, -0.2) is 35.5 Å². The molecule has 0 atom stereocenters. The third-order valence-corrected chi connectivity index (χ3v) is 6.14. The Labute approximate surface area is 151 Å². The molecule has 1 aliphatic heterocycles. The van der Waals surface area contributed by atoms with Gasteiger partial charge in [-0.15, -0.1) is 11.3 Å². The van der Waals surface area contributed by atoms with Crippen LogP contribution in [0.2, 0.25) is 0 Å². The Morgan fingerprint density at radius 3 is 2.80 bits per heavy atom. The summed E-state index contributed by atoms with van der Waals surface area (Å²) in [7, 11) is 2.17. The molecular weight excluding hydrogens is 330 g/mol. The number of nitrogens with two attached hydrogens (primary N) is 1. The first-order valence-corrected chi connectivity index (χ1v) is 9.64. The van der Waals surface area contributed by atoms with Crippen LogP contribution in [0.4, 0.5) is 0 Å². The molecule has 0 saturated carbocycles. The Morgan fingerprint density at radius 1 is 1.28 bits per heavy atom. The Bertz CT molecular complexity index is 889. The Balaban J connectivity index is 1.67. The van der Waals surface area contributed by atoms with Gasteiger partial charge in [-0.1, -0.05) is 6.07 Å². The number of rotatable bonds is 4. The molecule has 0 aliphatic carbocycles. The number of ketones is 1. The summed E-state index contributed by atoms with van der Waals surface area (Å²) in [4.78, 5) is 16.1. The van der Waals surface area contributed by atoms with Crippen LogP contribution < -0.4 is 5.84 Å². The van der Waals surface area contributed by atoms with Gasteiger partial charge in [0.1, 0.15) is 0 Å². The third kappa shape index (κ3) is 3.22. The highest BCUT2D eigenvalue weighted by Crippen LogP contribution is 2.34. The summed E-state index contributed by atoms with van der Waals surface area (Å²) in [5.74, 6) is 6.86. The molecule has 2 aromatic heterocycles. The molecule has 4 nitrogen and oxygen atoms in total. The minimum absolute atomic E-state index is 0.170. The van der Waals surface area contributed by atoms with Gasteiger partial charge in [-0.05, 0) is 74.1 Å². The molecule has 25 heavy (non-hydrogen) atoms. The number of carbonyl (C=O) groups is 1. The quantitative estimate of drug-likeness (QED) is 0.575. The van der Waals surface area contributed by atoms with E-state index in [0.717, 1.165) is 47.3 Å². The van der Waals surface area contributed by atoms with Crippen LogP contribution in [0, 0.1) is 0 Å². The second-order valence-corrected chi connectivity index (χ2v) is 8.01. The number of nitrogens with zero attached hydrogens (tertiary/aromatic N) is 2. The monoisotopic (exact) mass is 353 g/mol. The number of nitrogen functional groups attached to an aromatic ring is 1. The van der Waals surface area contributed by atoms with Gasteiger partial charge in [-0.2, -0.15) is 0 Å². The van der Waals surface area contributed by atoms with E-state index in [1.165, 1.54) is 5.56 Å². The first kappa shape index (κ1) is 16.4. The molecule has 0 bridgehead atoms. The molecule has 0 unspecified atom stereocenters. The number of carbonyl (C=O) groups excluding carboxylic acids is 1. The van der Waals surface area contributed by atoms with Crippen molar-refractivity contribution in [3.8, 4) is 0 Å². The van der Waals surface area contributed by atoms with Crippen molar-refractivity contribution in [2.45, 2.75) is 25.2 Å². The van der Waals surface area contributed by atoms with Crippen LogP contribution in [0.3, 0.4) is 0 Å². The van der Waals surface area contributed by atoms with Gasteiger partial charge in [0.05, 0.1) is 5.52 Å². The second-order valence-electron chi connectivity index (χ2n) is 6.98. The summed E-state index contributed by atoms with van der Waals surface area (Å²) < 4.78 is 1.70. The zero-order valence-electron chi connectivity index (χ0n) is 14.4. The maximum absolute atomic E-state index is 12.7. The first-order valence-electron chi connectivity index (χ1n) is 8.76. The predicted molar refractivity (Wildman–Crippen MR) is 104 cm³/mol. The normalized spacial score (nSPS) is 16.5. The fraction of sp³-hybridized carbons (Fsp3) is 0.350. The smallest absolute Gasteiger partial charge is 0.168 e. The fourth-order valence-corrected chi connectivity index (χ4v) is 4.48. The van der Waals surface area contributed by atoms with Gasteiger partial charge in [-0.3, -0.25) is 9.47 Å². The Kier molecular flexibility index (Phi) is 4.36. The lowest BCUT2D eigenvalue weighted by Crippen LogP contribution is -2.29. The molecule has 2 N–H and O–H groups in total. The van der Waals surface area contributed by atoms with E-state index in [-0.39, 0.29) is 5.78 Å². The maximum atomic E-state index is 12.7. The molecule has 3 aromatic rings. The van der Waals surface area contributed by atoms with Crippen LogP contribution in [0.15, 0.2) is 41.9 Å². The van der Waals surface area contributed by atoms with Gasteiger partial charge in [0, 0.05) is 28.4 Å². The molecule has 0 spiro atoms. The van der Waals surface area contributed by atoms with E-state index < -0.39 is 0 Å². The summed E-state index contributed by atoms with van der Waals surface area (Å²) in [5, 5.41) is 3.15. The van der Waals surface area contributed by atoms with Crippen molar-refractivity contribution in [2.75, 3.05) is 26.0 Å². The molecule has 130 valence electrons. The number of likely N-dealkylation sites (tertiary alicyclic amines) is 1. The van der Waals surface area contributed by atoms with E-state index in [0.29, 0.717) is 12.3 Å². The summed E-state index contributed by atoms with van der Waals surface area (Å²) in [6, 6.07) is 9.93. The zero-order valence-corrected chi connectivity index (χ0v) is 15.3. The summed E-state index contributed by atoms with van der Waals surface area (Å²) >= 11 is 1.63. The number of hydrogen-bond acceptors (Lipinski definition) is 4. The van der Waals surface area contributed by atoms with Gasteiger partial charge in [0.25, 0.3) is 0 Å². The molecule has 0 radical (unpaired) electrons. The number of aromatic nitrogens is 1. The molecular formula is C20H23N3OS. The number of fused-ring (bicyclic) bond motifs is 1. The highest BCUT2D eigenvalue weighted by atomic mass is 32.1. The highest BCUT2D eigenvalue weighted by Gasteiger charge is 2.22. The maximum Gasteiger partial charge on any atom is 0.168 e. The molecule has 1 aliphatic rings. The molecule has 4 rings (SSSR count). The lowest BCUT2D eigenvalue weighted by Gasteiger charge is -2.28. The molecule has 1 saturated heterocycles. The van der Waals surface area contributed by atoms with E-state index >= 15 is 0 Å². The lowest BCUT2D eigenvalue weighted by atomic mass is 9.89. The average Bonchev–Trinajstić information content (AvgIpc) is 3.23. The van der Waals surface area contributed by atoms with Crippen molar-refractivity contribution in [3.05, 3.63) is 57.9 Å². The standard InChI is InChI=1S/C20H23N3OS/c1-22-8-6-14(7-9-22)18-13-23(21)19-5-4-15(11-17(18)19)20(24)12-16-3-2-10-25-16/h2-5,10-11,13-14H,6-9,12,21H2,1H3. The van der Waals surface area contributed by atoms with E-state index in [1.54, 1.807) is 16.0 Å². The predicted octanol–water partition coefficient (Wildman–Crippen LogP) is 3.65. The fourth-order valence-electron chi connectivity index (χ4n) is 3.77. The van der Waals surface area contributed by atoms with E-state index in [4.69, 9.17) is 5.84 Å². The number of benzene rings is 1. The Hall–Kier alpha value is -2.11. The minimum Gasteiger partial charge on any atom is -0.339 e. The second kappa shape index (κ2) is 6.65. The molecule has 1 fully saturated rings. The topological polar surface area (TPSA) is 51.3 Å². The van der Waals surface area contributed by atoms with Crippen LogP contribution >= 0.6 is 11.3 Å². The van der Waals surface area contributed by atoms with Gasteiger partial charge in [-0.25, -0.2) is 0 Å². The van der Waals surface area contributed by atoms with Crippen molar-refractivity contribution in [1.82, 2.24) is 9.58 Å². The first-order chi connectivity index (χ1) is 12.1. The third-order valence-electron chi connectivity index (χ3n) is 5.26. The molecule has 5 heteroatoms. The zero-order chi connectivity index (χ0) is 17.4. The highest BCUT2D eigenvalue weighted by molar-refractivity contribution is 7.10. The SMILES string of the molecule is CN1CCC(c2cn(N)c3ccc(C(=O)Cc4cccs4)cc23)CC1. The van der Waals surface area contributed by atoms with Crippen LogP contribution in [-0.2, 0) is 6.42 Å². The van der Waals surface area contributed by atoms with Crippen LogP contribution in [0.25, 0.3) is 10.9 Å². The number of hydrogen-bond donors (Lipinski definition) is 1. The number of thiophene rings is 1. The molecule has 0 amide bonds. The van der Waals surface area contributed by atoms with E-state index in [1.807, 2.05) is 41.9 Å². The Morgan fingerprint density at radius 2 is 2.08 bits per heavy atom. The minimum atomic E-state index is 0.170. The van der Waals surface area contributed by atoms with Gasteiger partial charge < -0.3 is 10.7 Å². The number of piperidine rings is 1.